The lowest BCUT2D eigenvalue weighted by molar-refractivity contribution is -0.130. The van der Waals surface area contributed by atoms with Gasteiger partial charge in [0.15, 0.2) is 0 Å². The summed E-state index contributed by atoms with van der Waals surface area (Å²) < 4.78 is 0. The number of hydrogen-bond acceptors (Lipinski definition) is 3. The Bertz CT molecular complexity index is 890. The molecule has 5 heteroatoms. The molecule has 4 rings (SSSR count). The van der Waals surface area contributed by atoms with Crippen molar-refractivity contribution in [2.24, 2.45) is 0 Å². The predicted octanol–water partition coefficient (Wildman–Crippen LogP) is 2.95. The number of amides is 2. The van der Waals surface area contributed by atoms with Gasteiger partial charge in [0.2, 0.25) is 11.8 Å². The van der Waals surface area contributed by atoms with E-state index in [4.69, 9.17) is 0 Å². The Morgan fingerprint density at radius 2 is 1.72 bits per heavy atom. The van der Waals surface area contributed by atoms with Crippen LogP contribution >= 0.6 is 0 Å². The third kappa shape index (κ3) is 3.79. The molecule has 1 atom stereocenters. The van der Waals surface area contributed by atoms with Crippen molar-refractivity contribution in [2.45, 2.75) is 56.1 Å². The molecule has 29 heavy (non-hydrogen) atoms. The van der Waals surface area contributed by atoms with Gasteiger partial charge in [0.1, 0.15) is 0 Å². The zero-order chi connectivity index (χ0) is 20.4. The zero-order valence-electron chi connectivity index (χ0n) is 16.8. The maximum Gasteiger partial charge on any atom is 0.238 e. The van der Waals surface area contributed by atoms with Crippen LogP contribution in [-0.2, 0) is 21.4 Å². The van der Waals surface area contributed by atoms with Crippen molar-refractivity contribution in [3.05, 3.63) is 65.7 Å². The first kappa shape index (κ1) is 19.6. The van der Waals surface area contributed by atoms with E-state index in [2.05, 4.69) is 5.32 Å². The van der Waals surface area contributed by atoms with E-state index in [-0.39, 0.29) is 30.4 Å². The predicted molar refractivity (Wildman–Crippen MR) is 113 cm³/mol. The van der Waals surface area contributed by atoms with Crippen molar-refractivity contribution in [1.82, 2.24) is 5.32 Å². The molecule has 1 heterocycles. The molecule has 2 N–H and O–H groups in total. The van der Waals surface area contributed by atoms with Gasteiger partial charge in [-0.05, 0) is 49.3 Å². The van der Waals surface area contributed by atoms with E-state index in [0.717, 1.165) is 29.7 Å². The van der Waals surface area contributed by atoms with Gasteiger partial charge in [-0.1, -0.05) is 48.5 Å². The van der Waals surface area contributed by atoms with Crippen LogP contribution in [-0.4, -0.2) is 36.1 Å². The Kier molecular flexibility index (Phi) is 5.41. The molecule has 0 spiro atoms. The second-order valence-electron chi connectivity index (χ2n) is 8.38. The molecule has 0 radical (unpaired) electrons. The third-order valence-corrected chi connectivity index (χ3v) is 6.37. The van der Waals surface area contributed by atoms with Gasteiger partial charge >= 0.3 is 0 Å². The number of anilines is 1. The number of nitrogens with zero attached hydrogens (tertiary/aromatic N) is 1. The van der Waals surface area contributed by atoms with Crippen molar-refractivity contribution in [1.29, 1.82) is 0 Å². The van der Waals surface area contributed by atoms with E-state index >= 15 is 0 Å². The number of nitrogens with one attached hydrogen (secondary N) is 1. The fraction of sp³-hybridized carbons (Fsp3) is 0.417. The molecule has 2 amide bonds. The topological polar surface area (TPSA) is 69.6 Å². The van der Waals surface area contributed by atoms with E-state index in [1.165, 1.54) is 0 Å². The summed E-state index contributed by atoms with van der Waals surface area (Å²) in [7, 11) is 1.79. The smallest absolute Gasteiger partial charge is 0.238 e. The molecule has 0 saturated heterocycles. The van der Waals surface area contributed by atoms with Crippen molar-refractivity contribution in [2.75, 3.05) is 11.9 Å². The monoisotopic (exact) mass is 392 g/mol. The molecule has 152 valence electrons. The molecule has 5 nitrogen and oxygen atoms in total. The zero-order valence-corrected chi connectivity index (χ0v) is 16.8. The van der Waals surface area contributed by atoms with Crippen molar-refractivity contribution < 1.29 is 14.7 Å². The number of hydrogen-bond donors (Lipinski definition) is 2. The molecule has 2 aromatic carbocycles. The van der Waals surface area contributed by atoms with Crippen LogP contribution in [0.15, 0.2) is 54.6 Å². The van der Waals surface area contributed by atoms with Gasteiger partial charge in [0.25, 0.3) is 0 Å². The number of likely N-dealkylation sites (N-methyl/N-ethyl adjacent to an activating group) is 1. The Balaban J connectivity index is 1.63. The molecule has 0 aromatic heterocycles. The first-order chi connectivity index (χ1) is 14.0. The number of carbonyl (C=O) groups excluding carboxylic acids is 2. The highest BCUT2D eigenvalue weighted by Gasteiger charge is 2.50. The molecule has 0 bridgehead atoms. The van der Waals surface area contributed by atoms with E-state index < -0.39 is 5.41 Å². The van der Waals surface area contributed by atoms with Crippen LogP contribution in [0.25, 0.3) is 0 Å². The number of aliphatic hydroxyl groups is 1. The van der Waals surface area contributed by atoms with Gasteiger partial charge < -0.3 is 15.3 Å². The van der Waals surface area contributed by atoms with E-state index in [9.17, 15) is 14.7 Å². The van der Waals surface area contributed by atoms with Crippen LogP contribution in [0, 0.1) is 0 Å². The summed E-state index contributed by atoms with van der Waals surface area (Å²) in [6, 6.07) is 17.8. The highest BCUT2D eigenvalue weighted by atomic mass is 16.3. The summed E-state index contributed by atoms with van der Waals surface area (Å²) in [4.78, 5) is 28.2. The van der Waals surface area contributed by atoms with Crippen molar-refractivity contribution in [3.8, 4) is 0 Å². The summed E-state index contributed by atoms with van der Waals surface area (Å²) in [5.74, 6) is -0.127. The molecule has 1 aliphatic heterocycles. The van der Waals surface area contributed by atoms with E-state index in [0.29, 0.717) is 19.3 Å². The molecule has 0 unspecified atom stereocenters. The lowest BCUT2D eigenvalue weighted by Gasteiger charge is -2.31. The largest absolute Gasteiger partial charge is 0.393 e. The second-order valence-corrected chi connectivity index (χ2v) is 8.38. The Hall–Kier alpha value is -2.66. The van der Waals surface area contributed by atoms with Crippen molar-refractivity contribution >= 4 is 17.5 Å². The first-order valence-corrected chi connectivity index (χ1v) is 10.4. The lowest BCUT2D eigenvalue weighted by Crippen LogP contribution is -2.46. The fourth-order valence-corrected chi connectivity index (χ4v) is 4.84. The normalized spacial score (nSPS) is 26.3. The van der Waals surface area contributed by atoms with Gasteiger partial charge in [0.05, 0.1) is 11.5 Å². The summed E-state index contributed by atoms with van der Waals surface area (Å²) in [6.45, 7) is 0. The van der Waals surface area contributed by atoms with Crippen LogP contribution < -0.4 is 10.2 Å². The van der Waals surface area contributed by atoms with Gasteiger partial charge in [-0.2, -0.15) is 0 Å². The van der Waals surface area contributed by atoms with E-state index in [1.54, 1.807) is 11.9 Å². The minimum Gasteiger partial charge on any atom is -0.393 e. The second kappa shape index (κ2) is 7.99. The van der Waals surface area contributed by atoms with E-state index in [1.807, 2.05) is 54.6 Å². The Labute approximate surface area is 171 Å². The van der Waals surface area contributed by atoms with Gasteiger partial charge in [-0.15, -0.1) is 0 Å². The van der Waals surface area contributed by atoms with Gasteiger partial charge in [-0.25, -0.2) is 0 Å². The molecule has 2 aromatic rings. The molecule has 1 fully saturated rings. The summed E-state index contributed by atoms with van der Waals surface area (Å²) in [5.41, 5.74) is 1.94. The Morgan fingerprint density at radius 1 is 1.07 bits per heavy atom. The average molecular weight is 392 g/mol. The third-order valence-electron chi connectivity index (χ3n) is 6.37. The average Bonchev–Trinajstić information content (AvgIpc) is 2.93. The highest BCUT2D eigenvalue weighted by molar-refractivity contribution is 6.09. The number of carbonyl (C=O) groups is 2. The number of aliphatic hydroxyl groups excluding tert-OH is 1. The number of fused-ring (bicyclic) bond motifs is 1. The minimum absolute atomic E-state index is 0.0308. The van der Waals surface area contributed by atoms with Gasteiger partial charge in [-0.3, -0.25) is 9.59 Å². The standard InChI is InChI=1S/C24H28N2O3/c1-26-21-10-6-5-9-20(21)24(23(26)29,15-17-7-3-2-4-8-17)16-22(28)25-18-11-13-19(27)14-12-18/h2-10,18-19,27H,11-16H2,1H3,(H,25,28)/t18?,19?,24-/m0/s1. The minimum atomic E-state index is -0.898. The number of rotatable bonds is 5. The molecule has 2 aliphatic rings. The summed E-state index contributed by atoms with van der Waals surface area (Å²) in [5, 5.41) is 12.8. The number of benzene rings is 2. The number of para-hydroxylation sites is 1. The SMILES string of the molecule is CN1C(=O)[C@](CC(=O)NC2CCC(O)CC2)(Cc2ccccc2)c2ccccc21. The Morgan fingerprint density at radius 3 is 2.45 bits per heavy atom. The van der Waals surface area contributed by atoms with Crippen LogP contribution in [0.4, 0.5) is 5.69 Å². The molecule has 1 aliphatic carbocycles. The quantitative estimate of drug-likeness (QED) is 0.822. The summed E-state index contributed by atoms with van der Waals surface area (Å²) >= 11 is 0. The summed E-state index contributed by atoms with van der Waals surface area (Å²) in [6.07, 6.45) is 3.34. The fourth-order valence-electron chi connectivity index (χ4n) is 4.84. The molecule has 1 saturated carbocycles. The highest BCUT2D eigenvalue weighted by Crippen LogP contribution is 2.45. The van der Waals surface area contributed by atoms with Crippen LogP contribution in [0.5, 0.6) is 0 Å². The first-order valence-electron chi connectivity index (χ1n) is 10.4. The van der Waals surface area contributed by atoms with Crippen LogP contribution in [0.3, 0.4) is 0 Å². The maximum absolute atomic E-state index is 13.5. The molecular formula is C24H28N2O3. The molecular weight excluding hydrogens is 364 g/mol. The van der Waals surface area contributed by atoms with Crippen LogP contribution in [0.2, 0.25) is 0 Å². The van der Waals surface area contributed by atoms with Crippen molar-refractivity contribution in [3.63, 3.8) is 0 Å². The van der Waals surface area contributed by atoms with Crippen LogP contribution in [0.1, 0.15) is 43.2 Å². The maximum atomic E-state index is 13.5. The lowest BCUT2D eigenvalue weighted by atomic mass is 9.73. The van der Waals surface area contributed by atoms with Gasteiger partial charge in [0, 0.05) is 25.2 Å².